The normalized spacial score (nSPS) is 11.7. The molecule has 0 amide bonds. The van der Waals surface area contributed by atoms with Crippen LogP contribution in [0.5, 0.6) is 0 Å². The summed E-state index contributed by atoms with van der Waals surface area (Å²) >= 11 is 0. The molecule has 0 atom stereocenters. The first kappa shape index (κ1) is 15.1. The molecule has 118 valence electrons. The number of aryl methyl sites for hydroxylation is 1. The predicted octanol–water partition coefficient (Wildman–Crippen LogP) is 2.63. The lowest BCUT2D eigenvalue weighted by Gasteiger charge is -2.09. The SMILES string of the molecule is Cc1nc2ccccc2n1S(=O)(=O)c1cc([N+](=O)[O-])ccc1F. The number of nitro benzene ring substituents is 1. The molecule has 7 nitrogen and oxygen atoms in total. The van der Waals surface area contributed by atoms with Crippen molar-refractivity contribution >= 4 is 26.7 Å². The first-order chi connectivity index (χ1) is 10.8. The summed E-state index contributed by atoms with van der Waals surface area (Å²) in [6.45, 7) is 1.47. The van der Waals surface area contributed by atoms with Crippen molar-refractivity contribution in [2.75, 3.05) is 0 Å². The fourth-order valence-corrected chi connectivity index (χ4v) is 3.91. The fourth-order valence-electron chi connectivity index (χ4n) is 2.33. The van der Waals surface area contributed by atoms with Crippen molar-refractivity contribution < 1.29 is 17.7 Å². The summed E-state index contributed by atoms with van der Waals surface area (Å²) in [5.74, 6) is -0.926. The number of benzene rings is 2. The van der Waals surface area contributed by atoms with Crippen LogP contribution in [0.15, 0.2) is 47.4 Å². The van der Waals surface area contributed by atoms with Gasteiger partial charge in [-0.25, -0.2) is 21.8 Å². The highest BCUT2D eigenvalue weighted by molar-refractivity contribution is 7.90. The van der Waals surface area contributed by atoms with Gasteiger partial charge in [0.2, 0.25) is 0 Å². The largest absolute Gasteiger partial charge is 0.272 e. The van der Waals surface area contributed by atoms with Gasteiger partial charge in [-0.1, -0.05) is 12.1 Å². The van der Waals surface area contributed by atoms with E-state index < -0.39 is 31.3 Å². The molecule has 3 rings (SSSR count). The van der Waals surface area contributed by atoms with E-state index in [-0.39, 0.29) is 11.3 Å². The van der Waals surface area contributed by atoms with Crippen molar-refractivity contribution in [3.63, 3.8) is 0 Å². The molecule has 0 aliphatic carbocycles. The van der Waals surface area contributed by atoms with Crippen molar-refractivity contribution in [3.8, 4) is 0 Å². The van der Waals surface area contributed by atoms with Crippen molar-refractivity contribution in [1.82, 2.24) is 8.96 Å². The zero-order valence-electron chi connectivity index (χ0n) is 11.8. The summed E-state index contributed by atoms with van der Waals surface area (Å²) in [5, 5.41) is 10.8. The molecule has 0 bridgehead atoms. The van der Waals surface area contributed by atoms with Crippen LogP contribution in [-0.2, 0) is 10.0 Å². The molecule has 0 N–H and O–H groups in total. The van der Waals surface area contributed by atoms with Gasteiger partial charge in [-0.3, -0.25) is 10.1 Å². The van der Waals surface area contributed by atoms with E-state index in [0.717, 1.165) is 16.1 Å². The Kier molecular flexibility index (Phi) is 3.37. The number of non-ortho nitro benzene ring substituents is 1. The maximum absolute atomic E-state index is 14.0. The third-order valence-corrected chi connectivity index (χ3v) is 5.13. The average molecular weight is 335 g/mol. The number of rotatable bonds is 3. The van der Waals surface area contributed by atoms with Crippen molar-refractivity contribution in [1.29, 1.82) is 0 Å². The van der Waals surface area contributed by atoms with Crippen LogP contribution in [0.3, 0.4) is 0 Å². The summed E-state index contributed by atoms with van der Waals surface area (Å²) in [4.78, 5) is 13.4. The topological polar surface area (TPSA) is 95.1 Å². The van der Waals surface area contributed by atoms with E-state index >= 15 is 0 Å². The average Bonchev–Trinajstić information content (AvgIpc) is 2.83. The van der Waals surface area contributed by atoms with Gasteiger partial charge in [0.25, 0.3) is 15.7 Å². The molecule has 2 aromatic carbocycles. The molecule has 0 spiro atoms. The molecule has 1 heterocycles. The number of fused-ring (bicyclic) bond motifs is 1. The summed E-state index contributed by atoms with van der Waals surface area (Å²) in [6, 6.07) is 8.85. The van der Waals surface area contributed by atoms with Gasteiger partial charge in [0, 0.05) is 12.1 Å². The molecular weight excluding hydrogens is 325 g/mol. The quantitative estimate of drug-likeness (QED) is 0.541. The number of hydrogen-bond acceptors (Lipinski definition) is 5. The standard InChI is InChI=1S/C14H10FN3O4S/c1-9-16-12-4-2-3-5-13(12)17(9)23(21,22)14-8-10(18(19)20)6-7-11(14)15/h2-8H,1H3. The van der Waals surface area contributed by atoms with Gasteiger partial charge in [0.1, 0.15) is 16.5 Å². The van der Waals surface area contributed by atoms with E-state index in [1.54, 1.807) is 18.2 Å². The van der Waals surface area contributed by atoms with Crippen LogP contribution in [0.2, 0.25) is 0 Å². The number of halogens is 1. The fraction of sp³-hybridized carbons (Fsp3) is 0.0714. The van der Waals surface area contributed by atoms with E-state index in [2.05, 4.69) is 4.98 Å². The smallest absolute Gasteiger partial charge is 0.258 e. The van der Waals surface area contributed by atoms with Crippen molar-refractivity contribution in [3.05, 3.63) is 64.2 Å². The molecule has 0 saturated carbocycles. The Labute approximate surface area is 130 Å². The molecule has 0 saturated heterocycles. The van der Waals surface area contributed by atoms with E-state index in [1.165, 1.54) is 13.0 Å². The Bertz CT molecular complexity index is 1040. The monoisotopic (exact) mass is 335 g/mol. The van der Waals surface area contributed by atoms with Crippen LogP contribution in [0.25, 0.3) is 11.0 Å². The van der Waals surface area contributed by atoms with Crippen LogP contribution in [-0.4, -0.2) is 22.3 Å². The van der Waals surface area contributed by atoms with Gasteiger partial charge in [-0.2, -0.15) is 0 Å². The third kappa shape index (κ3) is 2.34. The molecule has 1 aromatic heterocycles. The molecule has 23 heavy (non-hydrogen) atoms. The van der Waals surface area contributed by atoms with Gasteiger partial charge < -0.3 is 0 Å². The third-order valence-electron chi connectivity index (χ3n) is 3.32. The summed E-state index contributed by atoms with van der Waals surface area (Å²) in [5.41, 5.74) is 0.197. The molecule has 3 aromatic rings. The zero-order chi connectivity index (χ0) is 16.8. The lowest BCUT2D eigenvalue weighted by atomic mass is 10.3. The minimum atomic E-state index is -4.36. The first-order valence-corrected chi connectivity index (χ1v) is 7.90. The van der Waals surface area contributed by atoms with Gasteiger partial charge in [0.05, 0.1) is 16.0 Å². The number of hydrogen-bond donors (Lipinski definition) is 0. The van der Waals surface area contributed by atoms with Crippen LogP contribution >= 0.6 is 0 Å². The molecular formula is C14H10FN3O4S. The van der Waals surface area contributed by atoms with E-state index in [1.807, 2.05) is 0 Å². The lowest BCUT2D eigenvalue weighted by molar-refractivity contribution is -0.385. The van der Waals surface area contributed by atoms with Crippen molar-refractivity contribution in [2.24, 2.45) is 0 Å². The highest BCUT2D eigenvalue weighted by atomic mass is 32.2. The van der Waals surface area contributed by atoms with Gasteiger partial charge >= 0.3 is 0 Å². The molecule has 0 radical (unpaired) electrons. The number of imidazole rings is 1. The maximum Gasteiger partial charge on any atom is 0.272 e. The highest BCUT2D eigenvalue weighted by Crippen LogP contribution is 2.27. The van der Waals surface area contributed by atoms with Crippen LogP contribution in [0.4, 0.5) is 10.1 Å². The number of nitro groups is 1. The minimum absolute atomic E-state index is 0.136. The Hall–Kier alpha value is -2.81. The predicted molar refractivity (Wildman–Crippen MR) is 80.1 cm³/mol. The highest BCUT2D eigenvalue weighted by Gasteiger charge is 2.27. The summed E-state index contributed by atoms with van der Waals surface area (Å²) < 4.78 is 40.5. The Balaban J connectivity index is 2.32. The van der Waals surface area contributed by atoms with Gasteiger partial charge in [-0.15, -0.1) is 0 Å². The molecule has 9 heteroatoms. The van der Waals surface area contributed by atoms with Crippen LogP contribution in [0.1, 0.15) is 5.82 Å². The zero-order valence-corrected chi connectivity index (χ0v) is 12.6. The van der Waals surface area contributed by atoms with Gasteiger partial charge in [0.15, 0.2) is 0 Å². The number of aromatic nitrogens is 2. The maximum atomic E-state index is 14.0. The second-order valence-corrected chi connectivity index (χ2v) is 6.54. The second kappa shape index (κ2) is 5.13. The summed E-state index contributed by atoms with van der Waals surface area (Å²) in [7, 11) is -4.36. The van der Waals surface area contributed by atoms with Gasteiger partial charge in [-0.05, 0) is 25.1 Å². The molecule has 0 unspecified atom stereocenters. The first-order valence-electron chi connectivity index (χ1n) is 6.46. The van der Waals surface area contributed by atoms with E-state index in [9.17, 15) is 22.9 Å². The molecule has 0 aliphatic rings. The summed E-state index contributed by atoms with van der Waals surface area (Å²) in [6.07, 6.45) is 0. The van der Waals surface area contributed by atoms with Crippen molar-refractivity contribution in [2.45, 2.75) is 11.8 Å². The van der Waals surface area contributed by atoms with Crippen LogP contribution < -0.4 is 0 Å². The second-order valence-electron chi connectivity index (χ2n) is 4.79. The van der Waals surface area contributed by atoms with Crippen LogP contribution in [0, 0.1) is 22.9 Å². The molecule has 0 fully saturated rings. The Morgan fingerprint density at radius 1 is 1.22 bits per heavy atom. The lowest BCUT2D eigenvalue weighted by Crippen LogP contribution is -2.16. The Morgan fingerprint density at radius 3 is 2.61 bits per heavy atom. The van der Waals surface area contributed by atoms with E-state index in [4.69, 9.17) is 0 Å². The minimum Gasteiger partial charge on any atom is -0.258 e. The number of nitrogens with zero attached hydrogens (tertiary/aromatic N) is 3. The molecule has 0 aliphatic heterocycles. The Morgan fingerprint density at radius 2 is 1.91 bits per heavy atom. The van der Waals surface area contributed by atoms with E-state index in [0.29, 0.717) is 11.6 Å². The number of para-hydroxylation sites is 2.